The molecule has 8 nitrogen and oxygen atoms in total. The molecule has 0 aliphatic rings. The van der Waals surface area contributed by atoms with Crippen molar-refractivity contribution in [2.75, 3.05) is 19.8 Å². The number of hydrogen-bond acceptors (Lipinski definition) is 7. The third-order valence-electron chi connectivity index (χ3n) is 6.08. The van der Waals surface area contributed by atoms with E-state index in [4.69, 9.17) is 9.84 Å². The molecule has 0 saturated carbocycles. The Kier molecular flexibility index (Phi) is 22.7. The lowest BCUT2D eigenvalue weighted by Gasteiger charge is -2.21. The van der Waals surface area contributed by atoms with E-state index in [0.717, 1.165) is 19.3 Å². The van der Waals surface area contributed by atoms with Crippen molar-refractivity contribution in [1.29, 1.82) is 0 Å². The van der Waals surface area contributed by atoms with Crippen molar-refractivity contribution in [2.45, 2.75) is 134 Å². The van der Waals surface area contributed by atoms with Gasteiger partial charge in [-0.1, -0.05) is 103 Å². The zero-order chi connectivity index (χ0) is 25.4. The second-order valence-electron chi connectivity index (χ2n) is 9.26. The maximum Gasteiger partial charge on any atom is 0.325 e. The van der Waals surface area contributed by atoms with E-state index < -0.39 is 43.3 Å². The van der Waals surface area contributed by atoms with Gasteiger partial charge in [0.05, 0.1) is 12.7 Å². The van der Waals surface area contributed by atoms with Crippen LogP contribution in [-0.2, 0) is 14.3 Å². The van der Waals surface area contributed by atoms with Crippen LogP contribution in [0.2, 0.25) is 0 Å². The summed E-state index contributed by atoms with van der Waals surface area (Å²) in [6.45, 7) is 1.73. The standard InChI is InChI=1S/C26H51NO7/c1-2-3-4-5-6-7-8-9-10-11-12-13-14-15-16-17-20-34-23(30)21-27-26(33)25(32)24(31)22(29)18-19-28/h22,24-25,28-29,31-32H,2-21H2,1H3,(H,27,33)/t22-,24+,25-/m1/s1. The highest BCUT2D eigenvalue weighted by molar-refractivity contribution is 5.85. The topological polar surface area (TPSA) is 136 Å². The molecule has 0 aromatic carbocycles. The van der Waals surface area contributed by atoms with Crippen LogP contribution in [0.25, 0.3) is 0 Å². The van der Waals surface area contributed by atoms with Gasteiger partial charge in [-0.2, -0.15) is 0 Å². The summed E-state index contributed by atoms with van der Waals surface area (Å²) in [7, 11) is 0. The Labute approximate surface area is 206 Å². The maximum atomic E-state index is 11.7. The van der Waals surface area contributed by atoms with Crippen LogP contribution in [0.1, 0.15) is 116 Å². The summed E-state index contributed by atoms with van der Waals surface area (Å²) in [5.41, 5.74) is 0. The fourth-order valence-electron chi connectivity index (χ4n) is 3.82. The van der Waals surface area contributed by atoms with E-state index in [1.54, 1.807) is 0 Å². The number of unbranched alkanes of at least 4 members (excludes halogenated alkanes) is 15. The molecule has 0 heterocycles. The summed E-state index contributed by atoms with van der Waals surface area (Å²) in [6.07, 6.45) is 15.1. The Hall–Kier alpha value is -1.22. The summed E-state index contributed by atoms with van der Waals surface area (Å²) < 4.78 is 5.06. The normalized spacial score (nSPS) is 13.9. The Bertz CT molecular complexity index is 490. The molecule has 3 atom stereocenters. The van der Waals surface area contributed by atoms with Gasteiger partial charge in [-0.05, 0) is 12.8 Å². The number of carbonyl (C=O) groups excluding carboxylic acids is 2. The number of hydrogen-bond donors (Lipinski definition) is 5. The van der Waals surface area contributed by atoms with E-state index in [1.165, 1.54) is 83.5 Å². The van der Waals surface area contributed by atoms with E-state index in [0.29, 0.717) is 0 Å². The maximum absolute atomic E-state index is 11.7. The highest BCUT2D eigenvalue weighted by atomic mass is 16.5. The van der Waals surface area contributed by atoms with Gasteiger partial charge in [0.2, 0.25) is 0 Å². The van der Waals surface area contributed by atoms with Crippen molar-refractivity contribution in [1.82, 2.24) is 5.32 Å². The van der Waals surface area contributed by atoms with Crippen LogP contribution < -0.4 is 5.32 Å². The van der Waals surface area contributed by atoms with Crippen molar-refractivity contribution in [2.24, 2.45) is 0 Å². The summed E-state index contributed by atoms with van der Waals surface area (Å²) in [4.78, 5) is 23.4. The Morgan fingerprint density at radius 3 is 1.62 bits per heavy atom. The average Bonchev–Trinajstić information content (AvgIpc) is 2.83. The van der Waals surface area contributed by atoms with E-state index in [1.807, 2.05) is 0 Å². The lowest BCUT2D eigenvalue weighted by atomic mass is 10.0. The Balaban J connectivity index is 3.47. The van der Waals surface area contributed by atoms with E-state index in [9.17, 15) is 24.9 Å². The molecule has 5 N–H and O–H groups in total. The molecule has 0 unspecified atom stereocenters. The number of aliphatic hydroxyl groups excluding tert-OH is 4. The van der Waals surface area contributed by atoms with Crippen LogP contribution in [0.3, 0.4) is 0 Å². The van der Waals surface area contributed by atoms with Crippen molar-refractivity contribution in [3.8, 4) is 0 Å². The minimum atomic E-state index is -1.89. The van der Waals surface area contributed by atoms with Gasteiger partial charge in [0.15, 0.2) is 6.10 Å². The molecule has 0 fully saturated rings. The van der Waals surface area contributed by atoms with E-state index in [2.05, 4.69) is 12.2 Å². The Morgan fingerprint density at radius 2 is 1.18 bits per heavy atom. The second-order valence-corrected chi connectivity index (χ2v) is 9.26. The number of esters is 1. The average molecular weight is 490 g/mol. The van der Waals surface area contributed by atoms with Gasteiger partial charge >= 0.3 is 5.97 Å². The largest absolute Gasteiger partial charge is 0.464 e. The van der Waals surface area contributed by atoms with E-state index >= 15 is 0 Å². The molecular weight excluding hydrogens is 438 g/mol. The molecule has 0 bridgehead atoms. The fraction of sp³-hybridized carbons (Fsp3) is 0.923. The minimum absolute atomic E-state index is 0.174. The van der Waals surface area contributed by atoms with Crippen LogP contribution in [0, 0.1) is 0 Å². The van der Waals surface area contributed by atoms with Crippen molar-refractivity contribution in [3.05, 3.63) is 0 Å². The third-order valence-corrected chi connectivity index (χ3v) is 6.08. The number of ether oxygens (including phenoxy) is 1. The zero-order valence-corrected chi connectivity index (χ0v) is 21.4. The molecule has 0 radical (unpaired) electrons. The van der Waals surface area contributed by atoms with Gasteiger partial charge < -0.3 is 30.5 Å². The van der Waals surface area contributed by atoms with Gasteiger partial charge in [0.1, 0.15) is 12.6 Å². The molecule has 202 valence electrons. The molecule has 0 aromatic heterocycles. The lowest BCUT2D eigenvalue weighted by molar-refractivity contribution is -0.148. The summed E-state index contributed by atoms with van der Waals surface area (Å²) in [5, 5.41) is 39.7. The van der Waals surface area contributed by atoms with Crippen molar-refractivity contribution >= 4 is 11.9 Å². The molecule has 0 spiro atoms. The fourth-order valence-corrected chi connectivity index (χ4v) is 3.82. The van der Waals surface area contributed by atoms with Crippen LogP contribution in [0.15, 0.2) is 0 Å². The van der Waals surface area contributed by atoms with Crippen LogP contribution in [-0.4, -0.2) is 70.4 Å². The summed E-state index contributed by atoms with van der Waals surface area (Å²) in [5.74, 6) is -1.60. The van der Waals surface area contributed by atoms with Gasteiger partial charge in [-0.15, -0.1) is 0 Å². The van der Waals surface area contributed by atoms with Gasteiger partial charge in [-0.25, -0.2) is 0 Å². The summed E-state index contributed by atoms with van der Waals surface area (Å²) >= 11 is 0. The predicted molar refractivity (Wildman–Crippen MR) is 133 cm³/mol. The first kappa shape index (κ1) is 32.8. The second kappa shape index (κ2) is 23.5. The predicted octanol–water partition coefficient (Wildman–Crippen LogP) is 3.37. The zero-order valence-electron chi connectivity index (χ0n) is 21.4. The number of nitrogens with one attached hydrogen (secondary N) is 1. The molecule has 0 rings (SSSR count). The molecule has 8 heteroatoms. The van der Waals surface area contributed by atoms with Crippen molar-refractivity contribution < 1.29 is 34.8 Å². The highest BCUT2D eigenvalue weighted by Crippen LogP contribution is 2.13. The van der Waals surface area contributed by atoms with Gasteiger partial charge in [0.25, 0.3) is 5.91 Å². The highest BCUT2D eigenvalue weighted by Gasteiger charge is 2.30. The molecule has 0 aliphatic carbocycles. The molecule has 0 saturated heterocycles. The number of amides is 1. The van der Waals surface area contributed by atoms with E-state index in [-0.39, 0.29) is 13.0 Å². The molecule has 1 amide bonds. The first-order chi connectivity index (χ1) is 16.4. The first-order valence-electron chi connectivity index (χ1n) is 13.5. The Morgan fingerprint density at radius 1 is 0.735 bits per heavy atom. The summed E-state index contributed by atoms with van der Waals surface area (Å²) in [6, 6.07) is 0. The molecule has 34 heavy (non-hydrogen) atoms. The first-order valence-corrected chi connectivity index (χ1v) is 13.5. The molecule has 0 aromatic rings. The number of rotatable bonds is 24. The van der Waals surface area contributed by atoms with Crippen LogP contribution >= 0.6 is 0 Å². The third kappa shape index (κ3) is 19.1. The SMILES string of the molecule is CCCCCCCCCCCCCCCCCCOC(=O)CNC(=O)[C@H](O)[C@@H](O)[C@H](O)CCO. The van der Waals surface area contributed by atoms with Gasteiger partial charge in [0, 0.05) is 6.61 Å². The quantitative estimate of drug-likeness (QED) is 0.104. The minimum Gasteiger partial charge on any atom is -0.464 e. The molecule has 0 aliphatic heterocycles. The van der Waals surface area contributed by atoms with Gasteiger partial charge in [-0.3, -0.25) is 9.59 Å². The van der Waals surface area contributed by atoms with Crippen LogP contribution in [0.5, 0.6) is 0 Å². The van der Waals surface area contributed by atoms with Crippen LogP contribution in [0.4, 0.5) is 0 Å². The van der Waals surface area contributed by atoms with Crippen molar-refractivity contribution in [3.63, 3.8) is 0 Å². The molecular formula is C26H51NO7. The lowest BCUT2D eigenvalue weighted by Crippen LogP contribution is -2.48. The number of aliphatic hydroxyl groups is 4. The smallest absolute Gasteiger partial charge is 0.325 e. The monoisotopic (exact) mass is 489 g/mol. The number of carbonyl (C=O) groups is 2.